The third kappa shape index (κ3) is 4.23. The molecule has 5 rings (SSSR count). The second kappa shape index (κ2) is 10.1. The lowest BCUT2D eigenvalue weighted by atomic mass is 9.43. The van der Waals surface area contributed by atoms with E-state index >= 15 is 0 Å². The first-order chi connectivity index (χ1) is 18.6. The van der Waals surface area contributed by atoms with Crippen molar-refractivity contribution in [2.45, 2.75) is 112 Å². The molecule has 1 heterocycles. The van der Waals surface area contributed by atoms with E-state index in [1.807, 2.05) is 13.8 Å². The predicted molar refractivity (Wildman–Crippen MR) is 149 cm³/mol. The Balaban J connectivity index is 1.51. The van der Waals surface area contributed by atoms with Crippen molar-refractivity contribution in [1.29, 1.82) is 0 Å². The van der Waals surface area contributed by atoms with E-state index in [1.165, 1.54) is 13.8 Å². The highest BCUT2D eigenvalue weighted by atomic mass is 16.5. The molecule has 11 atom stereocenters. The summed E-state index contributed by atoms with van der Waals surface area (Å²) in [4.78, 5) is 52.3. The van der Waals surface area contributed by atoms with Gasteiger partial charge in [0.25, 0.3) is 0 Å². The number of rotatable bonds is 6. The fourth-order valence-corrected chi connectivity index (χ4v) is 10.3. The largest absolute Gasteiger partial charge is 0.493 e. The zero-order valence-corrected chi connectivity index (χ0v) is 25.4. The van der Waals surface area contributed by atoms with Crippen LogP contribution in [0.4, 0.5) is 0 Å². The Bertz CT molecular complexity index is 1140. The van der Waals surface area contributed by atoms with Crippen LogP contribution in [0.5, 0.6) is 0 Å². The lowest BCUT2D eigenvalue weighted by Gasteiger charge is -2.60. The van der Waals surface area contributed by atoms with Gasteiger partial charge in [-0.3, -0.25) is 19.2 Å². The molecule has 0 unspecified atom stereocenters. The van der Waals surface area contributed by atoms with Crippen molar-refractivity contribution < 1.29 is 33.8 Å². The van der Waals surface area contributed by atoms with Crippen molar-refractivity contribution >= 4 is 23.3 Å². The molecule has 1 saturated heterocycles. The van der Waals surface area contributed by atoms with Crippen molar-refractivity contribution in [1.82, 2.24) is 0 Å². The zero-order valence-electron chi connectivity index (χ0n) is 25.4. The summed E-state index contributed by atoms with van der Waals surface area (Å²) in [7, 11) is 0. The van der Waals surface area contributed by atoms with Crippen molar-refractivity contribution in [2.75, 3.05) is 6.61 Å². The van der Waals surface area contributed by atoms with Gasteiger partial charge in [0.15, 0.2) is 5.78 Å². The number of allylic oxidation sites excluding steroid dienone is 2. The standard InChI is InChI=1S/C33H48O7/c1-17(16-39-20(4)36)12-24(18(2)34)30-32(6,19(3)35)29-27(40-30)14-26-23-9-8-21-13-22(37)10-11-31(21,5)25(23)15-28(38)33(26,29)7/h17,21-23,25-27,29,37H,8-16H2,1-7H3/b30-24+/t17-,21+,22+,23-,25+,26+,27+,29-,31+,32+,33-/m1/s1. The van der Waals surface area contributed by atoms with Crippen LogP contribution in [0.2, 0.25) is 0 Å². The topological polar surface area (TPSA) is 107 Å². The van der Waals surface area contributed by atoms with Crippen LogP contribution in [0, 0.1) is 51.8 Å². The predicted octanol–water partition coefficient (Wildman–Crippen LogP) is 5.22. The summed E-state index contributed by atoms with van der Waals surface area (Å²) in [6.07, 6.45) is 5.80. The van der Waals surface area contributed by atoms with Gasteiger partial charge in [0.2, 0.25) is 0 Å². The van der Waals surface area contributed by atoms with Gasteiger partial charge in [-0.2, -0.15) is 0 Å². The molecule has 0 aromatic heterocycles. The maximum atomic E-state index is 14.4. The number of fused-ring (bicyclic) bond motifs is 7. The Morgan fingerprint density at radius 3 is 2.38 bits per heavy atom. The normalized spacial score (nSPS) is 45.8. The number of ketones is 3. The second-order valence-corrected chi connectivity index (χ2v) is 14.6. The van der Waals surface area contributed by atoms with Crippen LogP contribution in [0.15, 0.2) is 11.3 Å². The lowest BCUT2D eigenvalue weighted by Crippen LogP contribution is -2.58. The van der Waals surface area contributed by atoms with Crippen molar-refractivity contribution in [3.05, 3.63) is 11.3 Å². The van der Waals surface area contributed by atoms with Gasteiger partial charge in [0.05, 0.1) is 18.1 Å². The molecule has 0 bridgehead atoms. The van der Waals surface area contributed by atoms with E-state index in [0.717, 1.165) is 38.5 Å². The maximum absolute atomic E-state index is 14.4. The summed E-state index contributed by atoms with van der Waals surface area (Å²) in [5.41, 5.74) is -1.24. The van der Waals surface area contributed by atoms with E-state index in [1.54, 1.807) is 6.92 Å². The van der Waals surface area contributed by atoms with Crippen LogP contribution >= 0.6 is 0 Å². The molecule has 1 N–H and O–H groups in total. The minimum absolute atomic E-state index is 0.0620. The first-order valence-electron chi connectivity index (χ1n) is 15.4. The molecule has 0 aromatic carbocycles. The third-order valence-corrected chi connectivity index (χ3v) is 12.4. The number of carbonyl (C=O) groups is 4. The number of hydrogen-bond acceptors (Lipinski definition) is 7. The molecule has 0 spiro atoms. The number of Topliss-reactive ketones (excluding diaryl/α,β-unsaturated/α-hetero) is 3. The van der Waals surface area contributed by atoms with Crippen LogP contribution in [0.1, 0.15) is 99.8 Å². The molecule has 1 aliphatic heterocycles. The molecule has 0 aromatic rings. The van der Waals surface area contributed by atoms with Crippen LogP contribution in [0.25, 0.3) is 0 Å². The third-order valence-electron chi connectivity index (χ3n) is 12.4. The minimum Gasteiger partial charge on any atom is -0.493 e. The Morgan fingerprint density at radius 1 is 1.05 bits per heavy atom. The summed E-state index contributed by atoms with van der Waals surface area (Å²) in [5, 5.41) is 10.4. The fourth-order valence-electron chi connectivity index (χ4n) is 10.3. The molecule has 5 fully saturated rings. The smallest absolute Gasteiger partial charge is 0.302 e. The average molecular weight is 557 g/mol. The molecule has 7 heteroatoms. The summed E-state index contributed by atoms with van der Waals surface area (Å²) in [6.45, 7) is 12.9. The zero-order chi connectivity index (χ0) is 29.4. The van der Waals surface area contributed by atoms with Crippen molar-refractivity contribution in [2.24, 2.45) is 51.8 Å². The summed E-state index contributed by atoms with van der Waals surface area (Å²) in [6, 6.07) is 0. The summed E-state index contributed by atoms with van der Waals surface area (Å²) < 4.78 is 11.9. The molecular weight excluding hydrogens is 508 g/mol. The number of ether oxygens (including phenoxy) is 2. The number of aliphatic hydroxyl groups is 1. The first kappa shape index (κ1) is 29.5. The lowest BCUT2D eigenvalue weighted by molar-refractivity contribution is -0.163. The summed E-state index contributed by atoms with van der Waals surface area (Å²) in [5.74, 6) is 0.929. The highest BCUT2D eigenvalue weighted by Gasteiger charge is 2.73. The number of carbonyl (C=O) groups excluding carboxylic acids is 4. The molecule has 7 nitrogen and oxygen atoms in total. The Labute approximate surface area is 238 Å². The van der Waals surface area contributed by atoms with Gasteiger partial charge >= 0.3 is 5.97 Å². The van der Waals surface area contributed by atoms with Gasteiger partial charge in [0, 0.05) is 30.3 Å². The minimum atomic E-state index is -1.07. The fraction of sp³-hybridized carbons (Fsp3) is 0.818. The van der Waals surface area contributed by atoms with Gasteiger partial charge in [-0.05, 0) is 101 Å². The molecule has 0 radical (unpaired) electrons. The van der Waals surface area contributed by atoms with E-state index in [2.05, 4.69) is 13.8 Å². The quantitative estimate of drug-likeness (QED) is 0.353. The average Bonchev–Trinajstić information content (AvgIpc) is 3.35. The number of esters is 1. The Kier molecular flexibility index (Phi) is 7.41. The van der Waals surface area contributed by atoms with E-state index in [0.29, 0.717) is 41.9 Å². The number of aliphatic hydroxyl groups excluding tert-OH is 1. The van der Waals surface area contributed by atoms with Gasteiger partial charge < -0.3 is 14.6 Å². The molecule has 4 aliphatic carbocycles. The molecule has 222 valence electrons. The monoisotopic (exact) mass is 556 g/mol. The van der Waals surface area contributed by atoms with Crippen molar-refractivity contribution in [3.63, 3.8) is 0 Å². The molecule has 0 amide bonds. The van der Waals surface area contributed by atoms with Crippen LogP contribution in [-0.2, 0) is 28.7 Å². The Morgan fingerprint density at radius 2 is 1.75 bits per heavy atom. The molecule has 4 saturated carbocycles. The van der Waals surface area contributed by atoms with Gasteiger partial charge in [-0.15, -0.1) is 0 Å². The second-order valence-electron chi connectivity index (χ2n) is 14.6. The SMILES string of the molecule is CC(=O)OC[C@H](C)C/C(C(C)=O)=C1\O[C@H]2C[C@H]3[C@@H]4CC[C@H]5C[C@@H](O)CC[C@]5(C)[C@H]4CC(=O)[C@]3(C)[C@H]2[C@]1(C)C(C)=O. The molecular formula is C33H48O7. The van der Waals surface area contributed by atoms with Gasteiger partial charge in [0.1, 0.15) is 23.4 Å². The van der Waals surface area contributed by atoms with Crippen LogP contribution in [-0.4, -0.2) is 47.2 Å². The number of hydrogen-bond donors (Lipinski definition) is 1. The Hall–Kier alpha value is -2.02. The molecule has 40 heavy (non-hydrogen) atoms. The maximum Gasteiger partial charge on any atom is 0.302 e. The molecule has 5 aliphatic rings. The highest BCUT2D eigenvalue weighted by Crippen LogP contribution is 2.71. The van der Waals surface area contributed by atoms with Gasteiger partial charge in [-0.25, -0.2) is 0 Å². The van der Waals surface area contributed by atoms with Crippen LogP contribution in [0.3, 0.4) is 0 Å². The van der Waals surface area contributed by atoms with E-state index in [4.69, 9.17) is 9.47 Å². The highest BCUT2D eigenvalue weighted by molar-refractivity contribution is 5.97. The van der Waals surface area contributed by atoms with Gasteiger partial charge in [-0.1, -0.05) is 20.8 Å². The van der Waals surface area contributed by atoms with Crippen molar-refractivity contribution in [3.8, 4) is 0 Å². The summed E-state index contributed by atoms with van der Waals surface area (Å²) >= 11 is 0. The van der Waals surface area contributed by atoms with Crippen LogP contribution < -0.4 is 0 Å². The van der Waals surface area contributed by atoms with E-state index in [-0.39, 0.29) is 65.3 Å². The van der Waals surface area contributed by atoms with E-state index in [9.17, 15) is 24.3 Å². The first-order valence-corrected chi connectivity index (χ1v) is 15.4. The van der Waals surface area contributed by atoms with E-state index < -0.39 is 10.8 Å².